The number of fused-ring (bicyclic) bond motifs is 5. The number of allylic oxidation sites excluding steroid dienone is 2. The van der Waals surface area contributed by atoms with Gasteiger partial charge in [-0.1, -0.05) is 30.4 Å². The summed E-state index contributed by atoms with van der Waals surface area (Å²) in [5, 5.41) is 0. The number of anilines is 2. The predicted octanol–water partition coefficient (Wildman–Crippen LogP) is 3.57. The summed E-state index contributed by atoms with van der Waals surface area (Å²) in [7, 11) is 0. The minimum atomic E-state index is -0.595. The van der Waals surface area contributed by atoms with Gasteiger partial charge < -0.3 is 9.64 Å². The molecule has 0 radical (unpaired) electrons. The standard InChI is InChI=1S/C28H26N2O5/c1-15-5-3-8-22(16(15)2)29-14-19(12-23(29)31)28(34)35-21-7-4-6-20(13-21)30-26(32)24-17-9-10-18(11-17)25(24)27(30)33/h3-10,13,17-19,24-25H,11-12,14H2,1-2H3/t17-,18-,19-,24-,25+/m0/s1. The number of ether oxygens (including phenoxy) is 1. The Morgan fingerprint density at radius 3 is 2.34 bits per heavy atom. The highest BCUT2D eigenvalue weighted by Gasteiger charge is 2.59. The monoisotopic (exact) mass is 470 g/mol. The quantitative estimate of drug-likeness (QED) is 0.295. The molecule has 2 aromatic carbocycles. The van der Waals surface area contributed by atoms with Crippen LogP contribution in [0, 0.1) is 43.4 Å². The third kappa shape index (κ3) is 3.32. The second kappa shape index (κ2) is 7.90. The van der Waals surface area contributed by atoms with E-state index in [1.807, 2.05) is 32.0 Å². The molecule has 0 N–H and O–H groups in total. The Labute approximate surface area is 203 Å². The maximum Gasteiger partial charge on any atom is 0.316 e. The highest BCUT2D eigenvalue weighted by molar-refractivity contribution is 6.22. The lowest BCUT2D eigenvalue weighted by atomic mass is 9.85. The Morgan fingerprint density at radius 2 is 1.63 bits per heavy atom. The molecule has 3 amide bonds. The summed E-state index contributed by atoms with van der Waals surface area (Å²) in [5.41, 5.74) is 3.32. The molecule has 0 aromatic heterocycles. The molecule has 2 bridgehead atoms. The van der Waals surface area contributed by atoms with Gasteiger partial charge in [-0.3, -0.25) is 19.2 Å². The van der Waals surface area contributed by atoms with Crippen LogP contribution in [0.3, 0.4) is 0 Å². The SMILES string of the molecule is Cc1cccc(N2C[C@@H](C(=O)Oc3cccc(N4C(=O)[C@@H]5[C@H](C4=O)[C@H]4C=C[C@H]5C4)c3)CC2=O)c1C. The van der Waals surface area contributed by atoms with Crippen molar-refractivity contribution in [3.63, 3.8) is 0 Å². The summed E-state index contributed by atoms with van der Waals surface area (Å²) < 4.78 is 5.62. The molecule has 6 rings (SSSR count). The van der Waals surface area contributed by atoms with E-state index in [1.165, 1.54) is 4.90 Å². The van der Waals surface area contributed by atoms with E-state index in [2.05, 4.69) is 12.2 Å². The van der Waals surface area contributed by atoms with Gasteiger partial charge in [-0.25, -0.2) is 4.90 Å². The fraction of sp³-hybridized carbons (Fsp3) is 0.357. The molecule has 7 heteroatoms. The number of aryl methyl sites for hydroxylation is 1. The van der Waals surface area contributed by atoms with Crippen molar-refractivity contribution in [1.82, 2.24) is 0 Å². The van der Waals surface area contributed by atoms with Crippen molar-refractivity contribution in [2.75, 3.05) is 16.3 Å². The van der Waals surface area contributed by atoms with E-state index in [4.69, 9.17) is 4.74 Å². The van der Waals surface area contributed by atoms with Gasteiger partial charge in [0.15, 0.2) is 0 Å². The van der Waals surface area contributed by atoms with Crippen molar-refractivity contribution in [2.45, 2.75) is 26.7 Å². The summed E-state index contributed by atoms with van der Waals surface area (Å²) in [4.78, 5) is 54.8. The highest BCUT2D eigenvalue weighted by atomic mass is 16.5. The van der Waals surface area contributed by atoms with E-state index in [9.17, 15) is 19.2 Å². The molecule has 7 nitrogen and oxygen atoms in total. The van der Waals surface area contributed by atoms with Crippen molar-refractivity contribution >= 4 is 35.1 Å². The number of nitrogens with zero attached hydrogens (tertiary/aromatic N) is 2. The molecule has 4 aliphatic rings. The number of carbonyl (C=O) groups excluding carboxylic acids is 4. The van der Waals surface area contributed by atoms with Crippen LogP contribution >= 0.6 is 0 Å². The molecule has 178 valence electrons. The van der Waals surface area contributed by atoms with Gasteiger partial charge in [0.1, 0.15) is 5.75 Å². The zero-order valence-corrected chi connectivity index (χ0v) is 19.6. The van der Waals surface area contributed by atoms with Gasteiger partial charge in [-0.05, 0) is 61.4 Å². The van der Waals surface area contributed by atoms with Crippen molar-refractivity contribution in [3.8, 4) is 5.75 Å². The topological polar surface area (TPSA) is 84.0 Å². The second-order valence-corrected chi connectivity index (χ2v) is 10.1. The molecule has 2 aromatic rings. The number of hydrogen-bond donors (Lipinski definition) is 0. The molecular weight excluding hydrogens is 444 g/mol. The first-order valence-corrected chi connectivity index (χ1v) is 12.1. The zero-order chi connectivity index (χ0) is 24.4. The van der Waals surface area contributed by atoms with Crippen molar-refractivity contribution in [1.29, 1.82) is 0 Å². The lowest BCUT2D eigenvalue weighted by Crippen LogP contribution is -2.32. The maximum atomic E-state index is 13.1. The Kier molecular flexibility index (Phi) is 4.91. The van der Waals surface area contributed by atoms with Crippen LogP contribution in [0.4, 0.5) is 11.4 Å². The zero-order valence-electron chi connectivity index (χ0n) is 19.6. The van der Waals surface area contributed by atoms with Gasteiger partial charge in [0, 0.05) is 24.7 Å². The number of carbonyl (C=O) groups is 4. The first-order valence-electron chi connectivity index (χ1n) is 12.1. The number of esters is 1. The lowest BCUT2D eigenvalue weighted by Gasteiger charge is -2.20. The van der Waals surface area contributed by atoms with Crippen molar-refractivity contribution in [2.24, 2.45) is 29.6 Å². The van der Waals surface area contributed by atoms with Gasteiger partial charge in [-0.15, -0.1) is 0 Å². The van der Waals surface area contributed by atoms with Gasteiger partial charge >= 0.3 is 5.97 Å². The lowest BCUT2D eigenvalue weighted by molar-refractivity contribution is -0.139. The van der Waals surface area contributed by atoms with E-state index in [1.54, 1.807) is 29.2 Å². The summed E-state index contributed by atoms with van der Waals surface area (Å²) in [6.45, 7) is 4.21. The molecule has 1 saturated carbocycles. The second-order valence-electron chi connectivity index (χ2n) is 10.1. The summed E-state index contributed by atoms with van der Waals surface area (Å²) in [6, 6.07) is 12.3. The van der Waals surface area contributed by atoms with Crippen LogP contribution in [-0.2, 0) is 19.2 Å². The van der Waals surface area contributed by atoms with Crippen LogP contribution in [0.2, 0.25) is 0 Å². The van der Waals surface area contributed by atoms with Crippen LogP contribution in [0.25, 0.3) is 0 Å². The van der Waals surface area contributed by atoms with Gasteiger partial charge in [0.2, 0.25) is 17.7 Å². The fourth-order valence-electron chi connectivity index (χ4n) is 6.17. The smallest absolute Gasteiger partial charge is 0.316 e. The average molecular weight is 471 g/mol. The molecule has 5 atom stereocenters. The van der Waals surface area contributed by atoms with E-state index >= 15 is 0 Å². The average Bonchev–Trinajstić information content (AvgIpc) is 3.59. The van der Waals surface area contributed by atoms with Crippen molar-refractivity contribution in [3.05, 3.63) is 65.7 Å². The molecule has 2 aliphatic carbocycles. The highest BCUT2D eigenvalue weighted by Crippen LogP contribution is 2.53. The molecule has 3 fully saturated rings. The number of rotatable bonds is 4. The van der Waals surface area contributed by atoms with Crippen LogP contribution in [0.1, 0.15) is 24.0 Å². The third-order valence-corrected chi connectivity index (χ3v) is 8.09. The minimum absolute atomic E-state index is 0.0775. The van der Waals surface area contributed by atoms with Gasteiger partial charge in [-0.2, -0.15) is 0 Å². The van der Waals surface area contributed by atoms with E-state index in [0.717, 1.165) is 23.2 Å². The van der Waals surface area contributed by atoms with E-state index in [0.29, 0.717) is 5.69 Å². The van der Waals surface area contributed by atoms with Crippen LogP contribution in [-0.4, -0.2) is 30.2 Å². The number of benzene rings is 2. The Bertz CT molecular complexity index is 1280. The Balaban J connectivity index is 1.18. The molecule has 0 spiro atoms. The normalized spacial score (nSPS) is 28.9. The van der Waals surface area contributed by atoms with Crippen LogP contribution < -0.4 is 14.5 Å². The van der Waals surface area contributed by atoms with Gasteiger partial charge in [0.05, 0.1) is 23.4 Å². The summed E-state index contributed by atoms with van der Waals surface area (Å²) in [6.07, 6.45) is 5.07. The first kappa shape index (κ1) is 21.8. The number of hydrogen-bond acceptors (Lipinski definition) is 5. The van der Waals surface area contributed by atoms with Gasteiger partial charge in [0.25, 0.3) is 0 Å². The van der Waals surface area contributed by atoms with Crippen molar-refractivity contribution < 1.29 is 23.9 Å². The van der Waals surface area contributed by atoms with Crippen LogP contribution in [0.5, 0.6) is 5.75 Å². The van der Waals surface area contributed by atoms with Crippen LogP contribution in [0.15, 0.2) is 54.6 Å². The number of imide groups is 1. The molecule has 0 unspecified atom stereocenters. The Hall–Kier alpha value is -3.74. The molecule has 2 heterocycles. The summed E-state index contributed by atoms with van der Waals surface area (Å²) >= 11 is 0. The summed E-state index contributed by atoms with van der Waals surface area (Å²) in [5.74, 6) is -1.62. The number of amides is 3. The molecular formula is C28H26N2O5. The molecule has 35 heavy (non-hydrogen) atoms. The first-order chi connectivity index (χ1) is 16.8. The minimum Gasteiger partial charge on any atom is -0.426 e. The molecule has 2 aliphatic heterocycles. The predicted molar refractivity (Wildman–Crippen MR) is 129 cm³/mol. The maximum absolute atomic E-state index is 13.1. The molecule has 2 saturated heterocycles. The van der Waals surface area contributed by atoms with E-state index < -0.39 is 11.9 Å². The Morgan fingerprint density at radius 1 is 0.943 bits per heavy atom. The van der Waals surface area contributed by atoms with E-state index in [-0.39, 0.29) is 60.1 Å². The fourth-order valence-corrected chi connectivity index (χ4v) is 6.17. The third-order valence-electron chi connectivity index (χ3n) is 8.09. The largest absolute Gasteiger partial charge is 0.426 e.